The Kier molecular flexibility index (Phi) is 4.39. The summed E-state index contributed by atoms with van der Waals surface area (Å²) in [7, 11) is 0. The summed E-state index contributed by atoms with van der Waals surface area (Å²) in [4.78, 5) is 8.52. The molecule has 22 heavy (non-hydrogen) atoms. The lowest BCUT2D eigenvalue weighted by Gasteiger charge is -2.08. The average molecular weight is 317 g/mol. The van der Waals surface area contributed by atoms with Gasteiger partial charge in [0.05, 0.1) is 18.1 Å². The number of alkyl halides is 1. The number of benzene rings is 1. The molecule has 114 valence electrons. The number of anilines is 2. The van der Waals surface area contributed by atoms with Crippen molar-refractivity contribution >= 4 is 34.4 Å². The van der Waals surface area contributed by atoms with Crippen LogP contribution in [0.25, 0.3) is 11.0 Å². The number of hydrogen-bond acceptors (Lipinski definition) is 5. The summed E-state index contributed by atoms with van der Waals surface area (Å²) >= 11 is 5.77. The lowest BCUT2D eigenvalue weighted by Crippen LogP contribution is -2.09. The van der Waals surface area contributed by atoms with Crippen molar-refractivity contribution in [1.29, 1.82) is 0 Å². The summed E-state index contributed by atoms with van der Waals surface area (Å²) in [6.07, 6.45) is 2.65. The van der Waals surface area contributed by atoms with E-state index in [0.29, 0.717) is 23.9 Å². The normalized spacial score (nSPS) is 11.0. The Morgan fingerprint density at radius 1 is 1.18 bits per heavy atom. The number of fused-ring (bicyclic) bond motifs is 1. The van der Waals surface area contributed by atoms with Gasteiger partial charge in [0.1, 0.15) is 5.82 Å². The zero-order valence-electron chi connectivity index (χ0n) is 12.0. The van der Waals surface area contributed by atoms with Crippen LogP contribution in [0, 0.1) is 0 Å². The Morgan fingerprint density at radius 2 is 2.00 bits per heavy atom. The van der Waals surface area contributed by atoms with E-state index < -0.39 is 0 Å². The monoisotopic (exact) mass is 316 g/mol. The van der Waals surface area contributed by atoms with E-state index in [-0.39, 0.29) is 5.95 Å². The van der Waals surface area contributed by atoms with E-state index in [1.165, 1.54) is 5.56 Å². The van der Waals surface area contributed by atoms with Gasteiger partial charge in [0.2, 0.25) is 5.95 Å². The lowest BCUT2D eigenvalue weighted by atomic mass is 10.1. The van der Waals surface area contributed by atoms with Gasteiger partial charge in [-0.25, -0.2) is 4.68 Å². The predicted octanol–water partition coefficient (Wildman–Crippen LogP) is 2.30. The third-order valence-electron chi connectivity index (χ3n) is 3.36. The predicted molar refractivity (Wildman–Crippen MR) is 89.1 cm³/mol. The number of aromatic nitrogens is 4. The molecule has 2 heterocycles. The first-order chi connectivity index (χ1) is 10.8. The molecule has 0 aliphatic heterocycles. The third kappa shape index (κ3) is 3.12. The molecule has 7 heteroatoms. The number of hydrogen-bond donors (Lipinski definition) is 2. The van der Waals surface area contributed by atoms with Gasteiger partial charge in [-0.15, -0.1) is 11.6 Å². The molecule has 0 radical (unpaired) electrons. The van der Waals surface area contributed by atoms with Crippen molar-refractivity contribution in [2.75, 3.05) is 23.5 Å². The summed E-state index contributed by atoms with van der Waals surface area (Å²) in [6, 6.07) is 10.3. The van der Waals surface area contributed by atoms with Crippen LogP contribution in [0.15, 0.2) is 36.5 Å². The molecular weight excluding hydrogens is 300 g/mol. The van der Waals surface area contributed by atoms with E-state index in [2.05, 4.69) is 32.5 Å². The van der Waals surface area contributed by atoms with Crippen LogP contribution in [0.4, 0.5) is 11.8 Å². The molecule has 3 rings (SSSR count). The van der Waals surface area contributed by atoms with Crippen LogP contribution in [0.3, 0.4) is 0 Å². The maximum absolute atomic E-state index is 5.80. The largest absolute Gasteiger partial charge is 0.369 e. The number of nitrogens with one attached hydrogen (secondary N) is 1. The first-order valence-corrected chi connectivity index (χ1v) is 7.64. The SMILES string of the molecule is Nc1nc(NCCc2ccccc2)c2cnn(CCCl)c2n1. The second-order valence-electron chi connectivity index (χ2n) is 4.89. The molecule has 0 atom stereocenters. The molecule has 0 saturated heterocycles. The van der Waals surface area contributed by atoms with Crippen LogP contribution in [-0.4, -0.2) is 32.2 Å². The van der Waals surface area contributed by atoms with Crippen molar-refractivity contribution in [1.82, 2.24) is 19.7 Å². The molecule has 2 aromatic heterocycles. The highest BCUT2D eigenvalue weighted by Crippen LogP contribution is 2.21. The summed E-state index contributed by atoms with van der Waals surface area (Å²) < 4.78 is 1.74. The van der Waals surface area contributed by atoms with Gasteiger partial charge in [0.25, 0.3) is 0 Å². The van der Waals surface area contributed by atoms with Crippen LogP contribution in [0.2, 0.25) is 0 Å². The van der Waals surface area contributed by atoms with Gasteiger partial charge in [0, 0.05) is 12.4 Å². The Balaban J connectivity index is 1.78. The Bertz CT molecular complexity index is 755. The molecule has 0 saturated carbocycles. The van der Waals surface area contributed by atoms with Crippen molar-refractivity contribution in [2.45, 2.75) is 13.0 Å². The van der Waals surface area contributed by atoms with E-state index in [1.807, 2.05) is 18.2 Å². The number of nitrogens with zero attached hydrogens (tertiary/aromatic N) is 4. The van der Waals surface area contributed by atoms with E-state index >= 15 is 0 Å². The zero-order valence-corrected chi connectivity index (χ0v) is 12.8. The third-order valence-corrected chi connectivity index (χ3v) is 3.53. The van der Waals surface area contributed by atoms with Gasteiger partial charge in [0.15, 0.2) is 5.65 Å². The molecule has 0 unspecified atom stereocenters. The van der Waals surface area contributed by atoms with Crippen LogP contribution in [-0.2, 0) is 13.0 Å². The highest BCUT2D eigenvalue weighted by atomic mass is 35.5. The highest BCUT2D eigenvalue weighted by Gasteiger charge is 2.11. The average Bonchev–Trinajstić information content (AvgIpc) is 2.92. The van der Waals surface area contributed by atoms with E-state index in [9.17, 15) is 0 Å². The van der Waals surface area contributed by atoms with Gasteiger partial charge in [-0.3, -0.25) is 0 Å². The molecule has 0 spiro atoms. The maximum Gasteiger partial charge on any atom is 0.224 e. The van der Waals surface area contributed by atoms with Gasteiger partial charge < -0.3 is 11.1 Å². The molecule has 3 N–H and O–H groups in total. The highest BCUT2D eigenvalue weighted by molar-refractivity contribution is 6.17. The summed E-state index contributed by atoms with van der Waals surface area (Å²) in [5, 5.41) is 8.46. The topological polar surface area (TPSA) is 81.6 Å². The molecule has 0 aliphatic carbocycles. The van der Waals surface area contributed by atoms with E-state index in [4.69, 9.17) is 17.3 Å². The molecule has 1 aromatic carbocycles. The fourth-order valence-electron chi connectivity index (χ4n) is 2.32. The minimum atomic E-state index is 0.228. The second kappa shape index (κ2) is 6.62. The van der Waals surface area contributed by atoms with E-state index in [0.717, 1.165) is 18.4 Å². The Labute approximate surface area is 133 Å². The standard InChI is InChI=1S/C15H17ClN6/c16-7-9-22-14-12(10-19-22)13(20-15(17)21-14)18-8-6-11-4-2-1-3-5-11/h1-5,10H,6-9H2,(H3,17,18,20,21). The second-order valence-corrected chi connectivity index (χ2v) is 5.26. The fourth-order valence-corrected chi connectivity index (χ4v) is 2.48. The van der Waals surface area contributed by atoms with Crippen molar-refractivity contribution in [3.63, 3.8) is 0 Å². The molecule has 0 aliphatic rings. The van der Waals surface area contributed by atoms with Crippen molar-refractivity contribution < 1.29 is 0 Å². The molecule has 0 amide bonds. The van der Waals surface area contributed by atoms with Gasteiger partial charge in [-0.1, -0.05) is 30.3 Å². The van der Waals surface area contributed by atoms with Gasteiger partial charge in [-0.05, 0) is 12.0 Å². The minimum absolute atomic E-state index is 0.228. The molecule has 3 aromatic rings. The van der Waals surface area contributed by atoms with Gasteiger partial charge in [-0.2, -0.15) is 15.1 Å². The Morgan fingerprint density at radius 3 is 2.77 bits per heavy atom. The van der Waals surface area contributed by atoms with Gasteiger partial charge >= 0.3 is 0 Å². The van der Waals surface area contributed by atoms with Crippen molar-refractivity contribution in [3.05, 3.63) is 42.1 Å². The first-order valence-electron chi connectivity index (χ1n) is 7.10. The van der Waals surface area contributed by atoms with Crippen LogP contribution < -0.4 is 11.1 Å². The molecule has 6 nitrogen and oxygen atoms in total. The number of halogens is 1. The number of aryl methyl sites for hydroxylation is 1. The summed E-state index contributed by atoms with van der Waals surface area (Å²) in [6.45, 7) is 1.35. The van der Waals surface area contributed by atoms with Crippen molar-refractivity contribution in [2.24, 2.45) is 0 Å². The smallest absolute Gasteiger partial charge is 0.224 e. The molecular formula is C15H17ClN6. The molecule has 0 bridgehead atoms. The number of rotatable bonds is 6. The Hall–Kier alpha value is -2.34. The lowest BCUT2D eigenvalue weighted by molar-refractivity contribution is 0.681. The van der Waals surface area contributed by atoms with Crippen LogP contribution in [0.5, 0.6) is 0 Å². The zero-order chi connectivity index (χ0) is 15.4. The summed E-state index contributed by atoms with van der Waals surface area (Å²) in [5.41, 5.74) is 7.77. The van der Waals surface area contributed by atoms with Crippen molar-refractivity contribution in [3.8, 4) is 0 Å². The summed E-state index contributed by atoms with van der Waals surface area (Å²) in [5.74, 6) is 1.41. The maximum atomic E-state index is 5.80. The minimum Gasteiger partial charge on any atom is -0.369 e. The fraction of sp³-hybridized carbons (Fsp3) is 0.267. The number of nitrogen functional groups attached to an aromatic ring is 1. The van der Waals surface area contributed by atoms with E-state index in [1.54, 1.807) is 10.9 Å². The van der Waals surface area contributed by atoms with Crippen LogP contribution in [0.1, 0.15) is 5.56 Å². The quantitative estimate of drug-likeness (QED) is 0.682. The molecule has 0 fully saturated rings. The number of nitrogens with two attached hydrogens (primary N) is 1. The first kappa shape index (κ1) is 14.6. The van der Waals surface area contributed by atoms with Crippen LogP contribution >= 0.6 is 11.6 Å².